The highest BCUT2D eigenvalue weighted by atomic mass is 15.2. The summed E-state index contributed by atoms with van der Waals surface area (Å²) in [6, 6.07) is 8.68. The number of likely N-dealkylation sites (N-methyl/N-ethyl adjacent to an activating group) is 1. The maximum Gasteiger partial charge on any atom is 0.0167 e. The van der Waals surface area contributed by atoms with Gasteiger partial charge in [-0.3, -0.25) is 4.90 Å². The molecule has 92 valence electrons. The normalized spacial score (nSPS) is 18.9. The molecular weight excluding hydrogens is 208 g/mol. The largest absolute Gasteiger partial charge is 0.304 e. The molecule has 2 rings (SSSR count). The van der Waals surface area contributed by atoms with Crippen molar-refractivity contribution in [1.29, 1.82) is 0 Å². The molecule has 1 aliphatic rings. The molecule has 2 nitrogen and oxygen atoms in total. The zero-order chi connectivity index (χ0) is 12.1. The average molecular weight is 230 g/mol. The fourth-order valence-electron chi connectivity index (χ4n) is 2.05. The zero-order valence-electron chi connectivity index (χ0n) is 10.9. The Kier molecular flexibility index (Phi) is 4.35. The number of rotatable bonds is 3. The first-order valence-corrected chi connectivity index (χ1v) is 6.38. The van der Waals surface area contributed by atoms with Crippen LogP contribution >= 0.6 is 0 Å². The molecule has 1 saturated heterocycles. The molecule has 0 aliphatic carbocycles. The van der Waals surface area contributed by atoms with Crippen LogP contribution in [-0.4, -0.2) is 49.6 Å². The van der Waals surface area contributed by atoms with Crippen molar-refractivity contribution in [2.75, 3.05) is 39.8 Å². The molecule has 1 aromatic carbocycles. The van der Waals surface area contributed by atoms with Crippen LogP contribution in [-0.2, 0) is 0 Å². The molecule has 0 saturated carbocycles. The van der Waals surface area contributed by atoms with Gasteiger partial charge in [0.1, 0.15) is 0 Å². The van der Waals surface area contributed by atoms with Crippen LogP contribution < -0.4 is 0 Å². The Balaban J connectivity index is 1.79. The van der Waals surface area contributed by atoms with E-state index in [0.29, 0.717) is 0 Å². The third-order valence-electron chi connectivity index (χ3n) is 3.35. The van der Waals surface area contributed by atoms with Gasteiger partial charge in [-0.15, -0.1) is 0 Å². The Bertz CT molecular complexity index is 359. The lowest BCUT2D eigenvalue weighted by atomic mass is 10.1. The minimum absolute atomic E-state index is 1.07. The molecule has 1 aromatic rings. The van der Waals surface area contributed by atoms with Crippen LogP contribution in [0, 0.1) is 6.92 Å². The molecule has 17 heavy (non-hydrogen) atoms. The van der Waals surface area contributed by atoms with Crippen LogP contribution in [0.4, 0.5) is 0 Å². The van der Waals surface area contributed by atoms with Gasteiger partial charge in [0.25, 0.3) is 0 Å². The minimum atomic E-state index is 1.07. The molecule has 2 heteroatoms. The highest BCUT2D eigenvalue weighted by Crippen LogP contribution is 2.05. The first-order chi connectivity index (χ1) is 8.24. The molecule has 0 spiro atoms. The van der Waals surface area contributed by atoms with Crippen molar-refractivity contribution >= 4 is 6.08 Å². The summed E-state index contributed by atoms with van der Waals surface area (Å²) >= 11 is 0. The fourth-order valence-corrected chi connectivity index (χ4v) is 2.05. The van der Waals surface area contributed by atoms with Crippen LogP contribution in [0.25, 0.3) is 6.08 Å². The van der Waals surface area contributed by atoms with Crippen molar-refractivity contribution in [3.05, 3.63) is 41.5 Å². The van der Waals surface area contributed by atoms with Crippen molar-refractivity contribution in [3.63, 3.8) is 0 Å². The molecule has 0 radical (unpaired) electrons. The highest BCUT2D eigenvalue weighted by molar-refractivity contribution is 5.49. The summed E-state index contributed by atoms with van der Waals surface area (Å²) in [4.78, 5) is 4.89. The third-order valence-corrected chi connectivity index (χ3v) is 3.35. The molecule has 0 amide bonds. The second kappa shape index (κ2) is 5.99. The van der Waals surface area contributed by atoms with Crippen molar-refractivity contribution in [2.24, 2.45) is 0 Å². The molecule has 1 fully saturated rings. The van der Waals surface area contributed by atoms with Gasteiger partial charge >= 0.3 is 0 Å². The predicted octanol–water partition coefficient (Wildman–Crippen LogP) is 2.26. The van der Waals surface area contributed by atoms with E-state index in [1.165, 1.54) is 37.3 Å². The monoisotopic (exact) mass is 230 g/mol. The van der Waals surface area contributed by atoms with Crippen LogP contribution in [0.15, 0.2) is 30.3 Å². The van der Waals surface area contributed by atoms with Crippen molar-refractivity contribution in [3.8, 4) is 0 Å². The van der Waals surface area contributed by atoms with E-state index in [2.05, 4.69) is 60.2 Å². The van der Waals surface area contributed by atoms with Crippen molar-refractivity contribution in [1.82, 2.24) is 9.80 Å². The third kappa shape index (κ3) is 3.99. The van der Waals surface area contributed by atoms with E-state index in [1.54, 1.807) is 0 Å². The topological polar surface area (TPSA) is 6.48 Å². The summed E-state index contributed by atoms with van der Waals surface area (Å²) in [7, 11) is 2.19. The Labute approximate surface area is 105 Å². The van der Waals surface area contributed by atoms with E-state index in [4.69, 9.17) is 0 Å². The van der Waals surface area contributed by atoms with E-state index in [-0.39, 0.29) is 0 Å². The lowest BCUT2D eigenvalue weighted by molar-refractivity contribution is 0.167. The Morgan fingerprint density at radius 1 is 1.06 bits per heavy atom. The summed E-state index contributed by atoms with van der Waals surface area (Å²) < 4.78 is 0. The maximum absolute atomic E-state index is 2.50. The van der Waals surface area contributed by atoms with Gasteiger partial charge in [-0.05, 0) is 19.5 Å². The Morgan fingerprint density at radius 2 is 1.71 bits per heavy atom. The number of nitrogens with zero attached hydrogens (tertiary/aromatic N) is 2. The highest BCUT2D eigenvalue weighted by Gasteiger charge is 2.11. The maximum atomic E-state index is 2.50. The summed E-state index contributed by atoms with van der Waals surface area (Å²) in [6.07, 6.45) is 4.49. The lowest BCUT2D eigenvalue weighted by Crippen LogP contribution is -2.44. The molecule has 1 aliphatic heterocycles. The van der Waals surface area contributed by atoms with Crippen LogP contribution in [0.1, 0.15) is 11.1 Å². The molecule has 0 N–H and O–H groups in total. The number of aryl methyl sites for hydroxylation is 1. The van der Waals surface area contributed by atoms with E-state index >= 15 is 0 Å². The summed E-state index contributed by atoms with van der Waals surface area (Å²) in [5.74, 6) is 0. The quantitative estimate of drug-likeness (QED) is 0.786. The van der Waals surface area contributed by atoms with E-state index in [9.17, 15) is 0 Å². The summed E-state index contributed by atoms with van der Waals surface area (Å²) in [5, 5.41) is 0. The first-order valence-electron chi connectivity index (χ1n) is 6.38. The van der Waals surface area contributed by atoms with Crippen molar-refractivity contribution in [2.45, 2.75) is 6.92 Å². The smallest absolute Gasteiger partial charge is 0.0167 e. The molecule has 0 aromatic heterocycles. The van der Waals surface area contributed by atoms with Gasteiger partial charge in [-0.1, -0.05) is 42.0 Å². The van der Waals surface area contributed by atoms with Gasteiger partial charge in [0.05, 0.1) is 0 Å². The van der Waals surface area contributed by atoms with Gasteiger partial charge in [0, 0.05) is 32.7 Å². The second-order valence-corrected chi connectivity index (χ2v) is 4.92. The molecule has 0 atom stereocenters. The van der Waals surface area contributed by atoms with Gasteiger partial charge in [-0.25, -0.2) is 0 Å². The zero-order valence-corrected chi connectivity index (χ0v) is 10.9. The Morgan fingerprint density at radius 3 is 2.35 bits per heavy atom. The van der Waals surface area contributed by atoms with Gasteiger partial charge in [0.2, 0.25) is 0 Å². The molecular formula is C15H22N2. The number of benzene rings is 1. The van der Waals surface area contributed by atoms with Gasteiger partial charge in [0.15, 0.2) is 0 Å². The van der Waals surface area contributed by atoms with Crippen LogP contribution in [0.3, 0.4) is 0 Å². The van der Waals surface area contributed by atoms with E-state index in [1.807, 2.05) is 0 Å². The first kappa shape index (κ1) is 12.3. The second-order valence-electron chi connectivity index (χ2n) is 4.92. The van der Waals surface area contributed by atoms with Crippen LogP contribution in [0.5, 0.6) is 0 Å². The van der Waals surface area contributed by atoms with Crippen LogP contribution in [0.2, 0.25) is 0 Å². The van der Waals surface area contributed by atoms with Gasteiger partial charge < -0.3 is 4.90 Å². The average Bonchev–Trinajstić information content (AvgIpc) is 2.34. The fraction of sp³-hybridized carbons (Fsp3) is 0.467. The summed E-state index contributed by atoms with van der Waals surface area (Å²) in [5.41, 5.74) is 2.62. The number of hydrogen-bond donors (Lipinski definition) is 0. The van der Waals surface area contributed by atoms with Crippen molar-refractivity contribution < 1.29 is 0 Å². The predicted molar refractivity (Wildman–Crippen MR) is 74.2 cm³/mol. The van der Waals surface area contributed by atoms with E-state index in [0.717, 1.165) is 6.54 Å². The van der Waals surface area contributed by atoms with Gasteiger partial charge in [-0.2, -0.15) is 0 Å². The SMILES string of the molecule is Cc1ccc(C=CCN2CCN(C)CC2)cc1. The lowest BCUT2D eigenvalue weighted by Gasteiger charge is -2.31. The molecule has 0 unspecified atom stereocenters. The molecule has 0 bridgehead atoms. The Hall–Kier alpha value is -1.12. The summed E-state index contributed by atoms with van der Waals surface area (Å²) in [6.45, 7) is 7.96. The van der Waals surface area contributed by atoms with E-state index < -0.39 is 0 Å². The molecule has 1 heterocycles. The number of piperazine rings is 1. The standard InChI is InChI=1S/C15H22N2/c1-14-5-7-15(8-6-14)4-3-9-17-12-10-16(2)11-13-17/h3-8H,9-13H2,1-2H3. The minimum Gasteiger partial charge on any atom is -0.304 e. The number of hydrogen-bond acceptors (Lipinski definition) is 2.